The maximum absolute atomic E-state index is 13.1. The lowest BCUT2D eigenvalue weighted by Crippen LogP contribution is -2.10. The standard InChI is InChI=1S/C14H18FN5O/c1-3-7-16-12-18-13(20-14(19-12)21-2)17-9-10-5-4-6-11(15)8-10/h4-6,8H,3,7,9H2,1-2H3,(H2,16,17,18,19,20). The van der Waals surface area contributed by atoms with E-state index in [-0.39, 0.29) is 11.8 Å². The maximum atomic E-state index is 13.1. The van der Waals surface area contributed by atoms with E-state index in [1.807, 2.05) is 6.07 Å². The van der Waals surface area contributed by atoms with Gasteiger partial charge in [0.15, 0.2) is 0 Å². The minimum Gasteiger partial charge on any atom is -0.467 e. The molecule has 0 spiro atoms. The summed E-state index contributed by atoms with van der Waals surface area (Å²) in [4.78, 5) is 12.4. The summed E-state index contributed by atoms with van der Waals surface area (Å²) >= 11 is 0. The molecule has 0 aliphatic heterocycles. The Morgan fingerprint density at radius 2 is 1.90 bits per heavy atom. The zero-order chi connectivity index (χ0) is 15.1. The Kier molecular flexibility index (Phi) is 5.25. The van der Waals surface area contributed by atoms with E-state index in [2.05, 4.69) is 32.5 Å². The fourth-order valence-corrected chi connectivity index (χ4v) is 1.67. The third-order valence-corrected chi connectivity index (χ3v) is 2.67. The molecule has 0 radical (unpaired) electrons. The summed E-state index contributed by atoms with van der Waals surface area (Å²) in [6.45, 7) is 3.23. The molecule has 0 saturated carbocycles. The predicted octanol–water partition coefficient (Wildman–Crippen LogP) is 2.45. The average molecular weight is 291 g/mol. The third-order valence-electron chi connectivity index (χ3n) is 2.67. The van der Waals surface area contributed by atoms with Crippen molar-refractivity contribution >= 4 is 11.9 Å². The van der Waals surface area contributed by atoms with Crippen LogP contribution in [0.15, 0.2) is 24.3 Å². The summed E-state index contributed by atoms with van der Waals surface area (Å²) in [5.74, 6) is 0.558. The van der Waals surface area contributed by atoms with Crippen LogP contribution in [0.2, 0.25) is 0 Å². The Morgan fingerprint density at radius 3 is 2.57 bits per heavy atom. The first-order chi connectivity index (χ1) is 10.2. The smallest absolute Gasteiger partial charge is 0.322 e. The predicted molar refractivity (Wildman–Crippen MR) is 78.9 cm³/mol. The number of halogens is 1. The van der Waals surface area contributed by atoms with Crippen molar-refractivity contribution in [2.75, 3.05) is 24.3 Å². The molecule has 0 aliphatic rings. The van der Waals surface area contributed by atoms with E-state index in [4.69, 9.17) is 4.74 Å². The first-order valence-electron chi connectivity index (χ1n) is 6.73. The van der Waals surface area contributed by atoms with Crippen molar-refractivity contribution in [3.05, 3.63) is 35.6 Å². The highest BCUT2D eigenvalue weighted by Gasteiger charge is 2.06. The van der Waals surface area contributed by atoms with E-state index < -0.39 is 0 Å². The summed E-state index contributed by atoms with van der Waals surface area (Å²) in [6.07, 6.45) is 0.958. The highest BCUT2D eigenvalue weighted by atomic mass is 19.1. The van der Waals surface area contributed by atoms with E-state index in [0.29, 0.717) is 18.4 Å². The molecular weight excluding hydrogens is 273 g/mol. The Bertz CT molecular complexity index is 593. The van der Waals surface area contributed by atoms with E-state index in [0.717, 1.165) is 18.5 Å². The number of anilines is 2. The van der Waals surface area contributed by atoms with Crippen molar-refractivity contribution in [1.29, 1.82) is 0 Å². The van der Waals surface area contributed by atoms with Gasteiger partial charge in [-0.05, 0) is 24.1 Å². The van der Waals surface area contributed by atoms with Crippen LogP contribution in [-0.4, -0.2) is 28.6 Å². The molecule has 0 unspecified atom stereocenters. The second kappa shape index (κ2) is 7.37. The molecule has 0 fully saturated rings. The largest absolute Gasteiger partial charge is 0.467 e. The lowest BCUT2D eigenvalue weighted by atomic mass is 10.2. The third kappa shape index (κ3) is 4.55. The molecule has 112 valence electrons. The van der Waals surface area contributed by atoms with Crippen LogP contribution in [-0.2, 0) is 6.54 Å². The Balaban J connectivity index is 2.07. The average Bonchev–Trinajstić information content (AvgIpc) is 2.51. The SMILES string of the molecule is CCCNc1nc(NCc2cccc(F)c2)nc(OC)n1. The molecule has 0 atom stereocenters. The lowest BCUT2D eigenvalue weighted by Gasteiger charge is -2.09. The molecule has 1 heterocycles. The summed E-state index contributed by atoms with van der Waals surface area (Å²) < 4.78 is 18.2. The number of methoxy groups -OCH3 is 1. The lowest BCUT2D eigenvalue weighted by molar-refractivity contribution is 0.379. The molecule has 1 aromatic heterocycles. The minimum absolute atomic E-state index is 0.227. The number of hydrogen-bond acceptors (Lipinski definition) is 6. The molecule has 21 heavy (non-hydrogen) atoms. The highest BCUT2D eigenvalue weighted by molar-refractivity contribution is 5.36. The Labute approximate surface area is 122 Å². The van der Waals surface area contributed by atoms with E-state index >= 15 is 0 Å². The van der Waals surface area contributed by atoms with Crippen molar-refractivity contribution in [3.63, 3.8) is 0 Å². The normalized spacial score (nSPS) is 10.2. The van der Waals surface area contributed by atoms with E-state index in [1.54, 1.807) is 6.07 Å². The van der Waals surface area contributed by atoms with Crippen molar-refractivity contribution in [3.8, 4) is 6.01 Å². The minimum atomic E-state index is -0.271. The van der Waals surface area contributed by atoms with Gasteiger partial charge in [0.25, 0.3) is 0 Å². The van der Waals surface area contributed by atoms with Gasteiger partial charge in [0.05, 0.1) is 7.11 Å². The fourth-order valence-electron chi connectivity index (χ4n) is 1.67. The fraction of sp³-hybridized carbons (Fsp3) is 0.357. The number of aromatic nitrogens is 3. The summed E-state index contributed by atoms with van der Waals surface area (Å²) in [7, 11) is 1.50. The van der Waals surface area contributed by atoms with Crippen LogP contribution < -0.4 is 15.4 Å². The molecule has 6 nitrogen and oxygen atoms in total. The molecule has 1 aromatic carbocycles. The number of ether oxygens (including phenoxy) is 1. The number of hydrogen-bond donors (Lipinski definition) is 2. The molecule has 0 saturated heterocycles. The van der Waals surface area contributed by atoms with Crippen LogP contribution in [0.3, 0.4) is 0 Å². The van der Waals surface area contributed by atoms with Gasteiger partial charge in [-0.1, -0.05) is 19.1 Å². The molecular formula is C14H18FN5O. The van der Waals surface area contributed by atoms with Crippen LogP contribution >= 0.6 is 0 Å². The Hall–Kier alpha value is -2.44. The van der Waals surface area contributed by atoms with Gasteiger partial charge in [-0.15, -0.1) is 0 Å². The number of nitrogens with zero attached hydrogens (tertiary/aromatic N) is 3. The zero-order valence-corrected chi connectivity index (χ0v) is 12.1. The van der Waals surface area contributed by atoms with Gasteiger partial charge in [0.2, 0.25) is 11.9 Å². The van der Waals surface area contributed by atoms with Crippen molar-refractivity contribution < 1.29 is 9.13 Å². The van der Waals surface area contributed by atoms with Gasteiger partial charge in [0, 0.05) is 13.1 Å². The van der Waals surface area contributed by atoms with Crippen LogP contribution in [0.5, 0.6) is 6.01 Å². The first kappa shape index (κ1) is 15.0. The Morgan fingerprint density at radius 1 is 1.14 bits per heavy atom. The molecule has 0 amide bonds. The van der Waals surface area contributed by atoms with E-state index in [1.165, 1.54) is 19.2 Å². The molecule has 2 aromatic rings. The first-order valence-corrected chi connectivity index (χ1v) is 6.73. The van der Waals surface area contributed by atoms with Crippen molar-refractivity contribution in [2.24, 2.45) is 0 Å². The quantitative estimate of drug-likeness (QED) is 0.816. The van der Waals surface area contributed by atoms with Gasteiger partial charge < -0.3 is 15.4 Å². The zero-order valence-electron chi connectivity index (χ0n) is 12.1. The van der Waals surface area contributed by atoms with Crippen LogP contribution in [0.25, 0.3) is 0 Å². The highest BCUT2D eigenvalue weighted by Crippen LogP contribution is 2.12. The molecule has 7 heteroatoms. The molecule has 0 bridgehead atoms. The number of nitrogens with one attached hydrogen (secondary N) is 2. The number of rotatable bonds is 7. The summed E-state index contributed by atoms with van der Waals surface area (Å²) in [5.41, 5.74) is 0.803. The van der Waals surface area contributed by atoms with Crippen LogP contribution in [0.4, 0.5) is 16.3 Å². The van der Waals surface area contributed by atoms with Gasteiger partial charge in [-0.3, -0.25) is 0 Å². The monoisotopic (exact) mass is 291 g/mol. The van der Waals surface area contributed by atoms with Crippen LogP contribution in [0, 0.1) is 5.82 Å². The second-order valence-corrected chi connectivity index (χ2v) is 4.38. The number of benzene rings is 1. The summed E-state index contributed by atoms with van der Waals surface area (Å²) in [5, 5.41) is 6.11. The summed E-state index contributed by atoms with van der Waals surface area (Å²) in [6, 6.07) is 6.58. The van der Waals surface area contributed by atoms with Crippen molar-refractivity contribution in [1.82, 2.24) is 15.0 Å². The topological polar surface area (TPSA) is 72.0 Å². The van der Waals surface area contributed by atoms with E-state index in [9.17, 15) is 4.39 Å². The molecule has 2 N–H and O–H groups in total. The van der Waals surface area contributed by atoms with Crippen LogP contribution in [0.1, 0.15) is 18.9 Å². The van der Waals surface area contributed by atoms with Gasteiger partial charge in [0.1, 0.15) is 5.82 Å². The molecule has 2 rings (SSSR count). The van der Waals surface area contributed by atoms with Gasteiger partial charge in [-0.25, -0.2) is 4.39 Å². The van der Waals surface area contributed by atoms with Gasteiger partial charge in [-0.2, -0.15) is 15.0 Å². The second-order valence-electron chi connectivity index (χ2n) is 4.38. The molecule has 0 aliphatic carbocycles. The van der Waals surface area contributed by atoms with Gasteiger partial charge >= 0.3 is 6.01 Å². The maximum Gasteiger partial charge on any atom is 0.322 e. The van der Waals surface area contributed by atoms with Crippen molar-refractivity contribution in [2.45, 2.75) is 19.9 Å².